The number of carbonyl (C=O) groups is 1. The molecular formula is C18H18N2O3S. The number of benzene rings is 2. The summed E-state index contributed by atoms with van der Waals surface area (Å²) in [4.78, 5) is 16.7. The van der Waals surface area contributed by atoms with E-state index in [0.29, 0.717) is 16.5 Å². The molecule has 0 fully saturated rings. The van der Waals surface area contributed by atoms with E-state index in [1.165, 1.54) is 11.8 Å². The molecule has 2 aromatic carbocycles. The number of aliphatic hydroxyl groups excluding tert-OH is 1. The van der Waals surface area contributed by atoms with Gasteiger partial charge in [-0.3, -0.25) is 4.79 Å². The third-order valence-electron chi connectivity index (χ3n) is 3.54. The first-order chi connectivity index (χ1) is 11.7. The van der Waals surface area contributed by atoms with E-state index in [1.807, 2.05) is 42.5 Å². The summed E-state index contributed by atoms with van der Waals surface area (Å²) >= 11 is 1.45. The number of para-hydroxylation sites is 2. The smallest absolute Gasteiger partial charge is 0.257 e. The Bertz CT molecular complexity index is 814. The molecule has 0 saturated carbocycles. The minimum Gasteiger partial charge on any atom is -0.431 e. The van der Waals surface area contributed by atoms with Crippen molar-refractivity contribution in [1.29, 1.82) is 0 Å². The predicted molar refractivity (Wildman–Crippen MR) is 94.0 cm³/mol. The zero-order valence-electron chi connectivity index (χ0n) is 13.2. The average molecular weight is 342 g/mol. The second-order valence-electron chi connectivity index (χ2n) is 5.45. The lowest BCUT2D eigenvalue weighted by Gasteiger charge is -2.13. The van der Waals surface area contributed by atoms with E-state index in [9.17, 15) is 4.79 Å². The molecule has 1 unspecified atom stereocenters. The quantitative estimate of drug-likeness (QED) is 0.673. The lowest BCUT2D eigenvalue weighted by atomic mass is 10.1. The fourth-order valence-electron chi connectivity index (χ4n) is 2.27. The number of carbonyl (C=O) groups excluding carboxylic acids is 1. The zero-order valence-corrected chi connectivity index (χ0v) is 14.0. The SMILES string of the molecule is CC(CO)NC(=O)c1ccccc1CSc1nc2ccccc2o1. The van der Waals surface area contributed by atoms with E-state index in [2.05, 4.69) is 10.3 Å². The van der Waals surface area contributed by atoms with Gasteiger partial charge < -0.3 is 14.8 Å². The Kier molecular flexibility index (Phi) is 5.17. The molecule has 0 radical (unpaired) electrons. The summed E-state index contributed by atoms with van der Waals surface area (Å²) in [5.74, 6) is 0.384. The number of rotatable bonds is 6. The van der Waals surface area contributed by atoms with Crippen LogP contribution in [0.25, 0.3) is 11.1 Å². The number of aliphatic hydroxyl groups is 1. The number of nitrogens with one attached hydrogen (secondary N) is 1. The maximum Gasteiger partial charge on any atom is 0.257 e. The Balaban J connectivity index is 1.74. The number of oxazole rings is 1. The van der Waals surface area contributed by atoms with Crippen molar-refractivity contribution in [2.24, 2.45) is 0 Å². The van der Waals surface area contributed by atoms with Crippen molar-refractivity contribution < 1.29 is 14.3 Å². The van der Waals surface area contributed by atoms with Crippen molar-refractivity contribution in [3.63, 3.8) is 0 Å². The summed E-state index contributed by atoms with van der Waals surface area (Å²) < 4.78 is 5.69. The van der Waals surface area contributed by atoms with Crippen molar-refractivity contribution in [3.8, 4) is 0 Å². The lowest BCUT2D eigenvalue weighted by Crippen LogP contribution is -2.35. The molecule has 6 heteroatoms. The molecule has 0 bridgehead atoms. The number of thioether (sulfide) groups is 1. The van der Waals surface area contributed by atoms with Crippen molar-refractivity contribution in [2.75, 3.05) is 6.61 Å². The first-order valence-electron chi connectivity index (χ1n) is 7.65. The van der Waals surface area contributed by atoms with Crippen LogP contribution in [-0.4, -0.2) is 28.6 Å². The Morgan fingerprint density at radius 2 is 2.00 bits per heavy atom. The largest absolute Gasteiger partial charge is 0.431 e. The molecular weight excluding hydrogens is 324 g/mol. The number of hydrogen-bond acceptors (Lipinski definition) is 5. The van der Waals surface area contributed by atoms with Crippen LogP contribution in [0.4, 0.5) is 0 Å². The summed E-state index contributed by atoms with van der Waals surface area (Å²) in [6, 6.07) is 14.7. The fraction of sp³-hybridized carbons (Fsp3) is 0.222. The van der Waals surface area contributed by atoms with Crippen LogP contribution in [0, 0.1) is 0 Å². The summed E-state index contributed by atoms with van der Waals surface area (Å²) in [6.45, 7) is 1.67. The first kappa shape index (κ1) is 16.5. The van der Waals surface area contributed by atoms with Crippen molar-refractivity contribution in [1.82, 2.24) is 10.3 Å². The van der Waals surface area contributed by atoms with Gasteiger partial charge in [-0.25, -0.2) is 4.98 Å². The molecule has 1 aromatic heterocycles. The van der Waals surface area contributed by atoms with Crippen LogP contribution in [0.5, 0.6) is 0 Å². The Morgan fingerprint density at radius 3 is 2.79 bits per heavy atom. The Morgan fingerprint density at radius 1 is 1.25 bits per heavy atom. The van der Waals surface area contributed by atoms with Gasteiger partial charge in [-0.2, -0.15) is 0 Å². The van der Waals surface area contributed by atoms with E-state index in [-0.39, 0.29) is 18.6 Å². The fourth-order valence-corrected chi connectivity index (χ4v) is 3.11. The molecule has 3 aromatic rings. The van der Waals surface area contributed by atoms with Gasteiger partial charge in [0.1, 0.15) is 5.52 Å². The van der Waals surface area contributed by atoms with Gasteiger partial charge in [-0.15, -0.1) is 0 Å². The Labute approximate surface area is 144 Å². The third-order valence-corrected chi connectivity index (χ3v) is 4.42. The van der Waals surface area contributed by atoms with Crippen LogP contribution in [0.1, 0.15) is 22.8 Å². The maximum absolute atomic E-state index is 12.3. The standard InChI is InChI=1S/C18H18N2O3S/c1-12(10-21)19-17(22)14-7-3-2-6-13(14)11-24-18-20-15-8-4-5-9-16(15)23-18/h2-9,12,21H,10-11H2,1H3,(H,19,22). The van der Waals surface area contributed by atoms with Crippen LogP contribution < -0.4 is 5.32 Å². The molecule has 0 saturated heterocycles. The molecule has 0 aliphatic rings. The molecule has 0 aliphatic heterocycles. The molecule has 1 amide bonds. The molecule has 0 aliphatic carbocycles. The minimum absolute atomic E-state index is 0.0917. The van der Waals surface area contributed by atoms with Gasteiger partial charge >= 0.3 is 0 Å². The van der Waals surface area contributed by atoms with Crippen molar-refractivity contribution >= 4 is 28.8 Å². The summed E-state index contributed by atoms with van der Waals surface area (Å²) in [7, 11) is 0. The highest BCUT2D eigenvalue weighted by Crippen LogP contribution is 2.27. The number of aromatic nitrogens is 1. The zero-order chi connectivity index (χ0) is 16.9. The second kappa shape index (κ2) is 7.51. The minimum atomic E-state index is -0.282. The van der Waals surface area contributed by atoms with E-state index in [1.54, 1.807) is 13.0 Å². The monoisotopic (exact) mass is 342 g/mol. The first-order valence-corrected chi connectivity index (χ1v) is 8.64. The number of hydrogen-bond donors (Lipinski definition) is 2. The Hall–Kier alpha value is -2.31. The van der Waals surface area contributed by atoms with E-state index in [0.717, 1.165) is 16.7 Å². The van der Waals surface area contributed by atoms with Gasteiger partial charge in [-0.05, 0) is 30.7 Å². The summed E-state index contributed by atoms with van der Waals surface area (Å²) in [5.41, 5.74) is 3.07. The number of fused-ring (bicyclic) bond motifs is 1. The summed E-state index contributed by atoms with van der Waals surface area (Å²) in [6.07, 6.45) is 0. The molecule has 5 nitrogen and oxygen atoms in total. The topological polar surface area (TPSA) is 75.4 Å². The second-order valence-corrected chi connectivity index (χ2v) is 6.38. The molecule has 1 atom stereocenters. The van der Waals surface area contributed by atoms with Crippen LogP contribution in [0.2, 0.25) is 0 Å². The predicted octanol–water partition coefficient (Wildman–Crippen LogP) is 3.23. The highest BCUT2D eigenvalue weighted by atomic mass is 32.2. The third kappa shape index (κ3) is 3.77. The number of amides is 1. The lowest BCUT2D eigenvalue weighted by molar-refractivity contribution is 0.0921. The van der Waals surface area contributed by atoms with E-state index in [4.69, 9.17) is 9.52 Å². The molecule has 1 heterocycles. The van der Waals surface area contributed by atoms with Crippen LogP contribution in [0.15, 0.2) is 58.2 Å². The molecule has 0 spiro atoms. The van der Waals surface area contributed by atoms with Gasteiger partial charge in [0.2, 0.25) is 0 Å². The molecule has 24 heavy (non-hydrogen) atoms. The normalized spacial score (nSPS) is 12.2. The summed E-state index contributed by atoms with van der Waals surface area (Å²) in [5, 5.41) is 12.4. The van der Waals surface area contributed by atoms with E-state index >= 15 is 0 Å². The van der Waals surface area contributed by atoms with Gasteiger partial charge in [0.25, 0.3) is 11.1 Å². The van der Waals surface area contributed by atoms with Crippen molar-refractivity contribution in [2.45, 2.75) is 23.9 Å². The van der Waals surface area contributed by atoms with Crippen LogP contribution >= 0.6 is 11.8 Å². The van der Waals surface area contributed by atoms with Gasteiger partial charge in [0, 0.05) is 17.4 Å². The van der Waals surface area contributed by atoms with Gasteiger partial charge in [0.05, 0.1) is 6.61 Å². The van der Waals surface area contributed by atoms with Gasteiger partial charge in [0.15, 0.2) is 5.58 Å². The van der Waals surface area contributed by atoms with E-state index < -0.39 is 0 Å². The maximum atomic E-state index is 12.3. The number of nitrogens with zero attached hydrogens (tertiary/aromatic N) is 1. The molecule has 3 rings (SSSR count). The van der Waals surface area contributed by atoms with Crippen LogP contribution in [0.3, 0.4) is 0 Å². The molecule has 124 valence electrons. The van der Waals surface area contributed by atoms with Crippen molar-refractivity contribution in [3.05, 3.63) is 59.7 Å². The highest BCUT2D eigenvalue weighted by Gasteiger charge is 2.14. The van der Waals surface area contributed by atoms with Crippen LogP contribution in [-0.2, 0) is 5.75 Å². The molecule has 2 N–H and O–H groups in total. The average Bonchev–Trinajstić information content (AvgIpc) is 3.03. The van der Waals surface area contributed by atoms with Gasteiger partial charge in [-0.1, -0.05) is 42.1 Å². The highest BCUT2D eigenvalue weighted by molar-refractivity contribution is 7.98.